The smallest absolute Gasteiger partial charge is 0.248 e. The molecule has 4 rings (SSSR count). The molecule has 5 atom stereocenters. The topological polar surface area (TPSA) is 70.2 Å². The maximum Gasteiger partial charge on any atom is 0.248 e. The van der Waals surface area contributed by atoms with Crippen LogP contribution in [0.3, 0.4) is 0 Å². The van der Waals surface area contributed by atoms with E-state index in [1.54, 1.807) is 23.5 Å². The normalized spacial score (nSPS) is 37.0. The zero-order valence-corrected chi connectivity index (χ0v) is 17.7. The van der Waals surface area contributed by atoms with Crippen LogP contribution >= 0.6 is 23.5 Å². The Bertz CT molecular complexity index is 527. The summed E-state index contributed by atoms with van der Waals surface area (Å²) in [6.07, 6.45) is 12.2. The molecule has 5 unspecified atom stereocenters. The van der Waals surface area contributed by atoms with Crippen LogP contribution in [0.4, 0.5) is 0 Å². The molecular formula is C20H33N3O2S2. The maximum atomic E-state index is 12.8. The molecule has 2 aliphatic carbocycles. The second-order valence-electron chi connectivity index (χ2n) is 8.56. The van der Waals surface area contributed by atoms with Crippen LogP contribution in [-0.4, -0.2) is 46.2 Å². The van der Waals surface area contributed by atoms with Gasteiger partial charge >= 0.3 is 0 Å². The molecule has 2 saturated carbocycles. The predicted octanol–water partition coefficient (Wildman–Crippen LogP) is 2.85. The Morgan fingerprint density at radius 2 is 1.70 bits per heavy atom. The molecule has 2 heterocycles. The number of carbonyl (C=O) groups is 2. The molecule has 7 heteroatoms. The lowest BCUT2D eigenvalue weighted by Crippen LogP contribution is -2.49. The average Bonchev–Trinajstić information content (AvgIpc) is 3.33. The number of nitrogens with one attached hydrogen (secondary N) is 3. The SMILES string of the molecule is O=C(NC1SCCC1C(=O)NCC1CCCCC1)C1NC2CCCCC2S1. The molecule has 2 amide bonds. The summed E-state index contributed by atoms with van der Waals surface area (Å²) in [5.74, 6) is 1.71. The van der Waals surface area contributed by atoms with Gasteiger partial charge in [-0.2, -0.15) is 0 Å². The molecule has 5 nitrogen and oxygen atoms in total. The summed E-state index contributed by atoms with van der Waals surface area (Å²) in [5, 5.41) is 10.2. The van der Waals surface area contributed by atoms with Crippen LogP contribution in [0.1, 0.15) is 64.2 Å². The monoisotopic (exact) mass is 411 g/mol. The highest BCUT2D eigenvalue weighted by molar-refractivity contribution is 8.01. The predicted molar refractivity (Wildman–Crippen MR) is 113 cm³/mol. The van der Waals surface area contributed by atoms with Crippen LogP contribution in [0, 0.1) is 11.8 Å². The van der Waals surface area contributed by atoms with Crippen molar-refractivity contribution in [1.29, 1.82) is 0 Å². The van der Waals surface area contributed by atoms with Crippen molar-refractivity contribution >= 4 is 35.3 Å². The number of rotatable bonds is 5. The lowest BCUT2D eigenvalue weighted by atomic mass is 9.89. The molecular weight excluding hydrogens is 378 g/mol. The molecule has 0 aromatic carbocycles. The molecule has 0 bridgehead atoms. The van der Waals surface area contributed by atoms with Gasteiger partial charge in [0.2, 0.25) is 11.8 Å². The molecule has 4 aliphatic rings. The third kappa shape index (κ3) is 4.96. The quantitative estimate of drug-likeness (QED) is 0.649. The maximum absolute atomic E-state index is 12.8. The minimum absolute atomic E-state index is 0.0684. The third-order valence-electron chi connectivity index (χ3n) is 6.62. The van der Waals surface area contributed by atoms with Crippen molar-refractivity contribution < 1.29 is 9.59 Å². The van der Waals surface area contributed by atoms with Gasteiger partial charge in [-0.05, 0) is 43.8 Å². The minimum Gasteiger partial charge on any atom is -0.355 e. The van der Waals surface area contributed by atoms with Crippen LogP contribution in [0.25, 0.3) is 0 Å². The van der Waals surface area contributed by atoms with E-state index in [4.69, 9.17) is 0 Å². The molecule has 0 aromatic heterocycles. The van der Waals surface area contributed by atoms with Gasteiger partial charge in [-0.1, -0.05) is 32.1 Å². The van der Waals surface area contributed by atoms with Crippen LogP contribution < -0.4 is 16.0 Å². The van der Waals surface area contributed by atoms with Gasteiger partial charge in [-0.25, -0.2) is 0 Å². The Kier molecular flexibility index (Phi) is 6.93. The summed E-state index contributed by atoms with van der Waals surface area (Å²) >= 11 is 3.51. The standard InChI is InChI=1S/C20H33N3O2S2/c24-17(21-12-13-6-2-1-3-7-13)14-10-11-26-19(14)23-18(25)20-22-15-8-4-5-9-16(15)27-20/h13-16,19-20,22H,1-12H2,(H,21,24)(H,23,25). The highest BCUT2D eigenvalue weighted by Gasteiger charge is 2.41. The van der Waals surface area contributed by atoms with E-state index in [0.717, 1.165) is 18.7 Å². The van der Waals surface area contributed by atoms with E-state index < -0.39 is 0 Å². The number of thioether (sulfide) groups is 2. The van der Waals surface area contributed by atoms with Gasteiger partial charge in [-0.3, -0.25) is 14.9 Å². The largest absolute Gasteiger partial charge is 0.355 e. The van der Waals surface area contributed by atoms with E-state index in [2.05, 4.69) is 16.0 Å². The molecule has 0 radical (unpaired) electrons. The van der Waals surface area contributed by atoms with Crippen LogP contribution in [0.2, 0.25) is 0 Å². The van der Waals surface area contributed by atoms with E-state index in [0.29, 0.717) is 17.2 Å². The van der Waals surface area contributed by atoms with E-state index in [1.165, 1.54) is 57.8 Å². The van der Waals surface area contributed by atoms with Crippen molar-refractivity contribution in [2.24, 2.45) is 11.8 Å². The Morgan fingerprint density at radius 3 is 2.52 bits per heavy atom. The summed E-state index contributed by atoms with van der Waals surface area (Å²) in [6, 6.07) is 0.491. The van der Waals surface area contributed by atoms with Gasteiger partial charge in [0, 0.05) is 17.8 Å². The van der Waals surface area contributed by atoms with Gasteiger partial charge < -0.3 is 10.6 Å². The molecule has 152 valence electrons. The molecule has 27 heavy (non-hydrogen) atoms. The van der Waals surface area contributed by atoms with E-state index >= 15 is 0 Å². The van der Waals surface area contributed by atoms with Gasteiger partial charge in [0.1, 0.15) is 5.37 Å². The van der Waals surface area contributed by atoms with Crippen molar-refractivity contribution in [1.82, 2.24) is 16.0 Å². The molecule has 4 fully saturated rings. The second-order valence-corrected chi connectivity index (χ2v) is 11.2. The highest BCUT2D eigenvalue weighted by atomic mass is 32.2. The average molecular weight is 412 g/mol. The number of hydrogen-bond acceptors (Lipinski definition) is 5. The second kappa shape index (κ2) is 9.40. The highest BCUT2D eigenvalue weighted by Crippen LogP contribution is 2.37. The molecule has 0 aromatic rings. The van der Waals surface area contributed by atoms with Gasteiger partial charge in [-0.15, -0.1) is 23.5 Å². The summed E-state index contributed by atoms with van der Waals surface area (Å²) in [6.45, 7) is 0.810. The molecule has 2 saturated heterocycles. The van der Waals surface area contributed by atoms with E-state index in [9.17, 15) is 9.59 Å². The first-order valence-corrected chi connectivity index (χ1v) is 12.8. The Morgan fingerprint density at radius 1 is 0.926 bits per heavy atom. The van der Waals surface area contributed by atoms with E-state index in [-0.39, 0.29) is 28.5 Å². The van der Waals surface area contributed by atoms with Crippen molar-refractivity contribution in [2.75, 3.05) is 12.3 Å². The Hall–Kier alpha value is -0.400. The fourth-order valence-electron chi connectivity index (χ4n) is 4.98. The zero-order valence-electron chi connectivity index (χ0n) is 16.1. The first-order valence-electron chi connectivity index (χ1n) is 10.8. The number of fused-ring (bicyclic) bond motifs is 1. The summed E-state index contributed by atoms with van der Waals surface area (Å²) < 4.78 is 0. The number of amides is 2. The van der Waals surface area contributed by atoms with E-state index in [1.807, 2.05) is 0 Å². The first-order chi connectivity index (χ1) is 13.2. The molecule has 2 aliphatic heterocycles. The van der Waals surface area contributed by atoms with Crippen molar-refractivity contribution in [3.63, 3.8) is 0 Å². The lowest BCUT2D eigenvalue weighted by molar-refractivity contribution is -0.126. The minimum atomic E-state index is -0.148. The van der Waals surface area contributed by atoms with Crippen molar-refractivity contribution in [3.05, 3.63) is 0 Å². The summed E-state index contributed by atoms with van der Waals surface area (Å²) in [7, 11) is 0. The number of carbonyl (C=O) groups excluding carboxylic acids is 2. The van der Waals surface area contributed by atoms with Gasteiger partial charge in [0.15, 0.2) is 0 Å². The molecule has 0 spiro atoms. The molecule has 3 N–H and O–H groups in total. The third-order valence-corrected chi connectivity index (χ3v) is 9.43. The Labute approximate surface area is 171 Å². The fraction of sp³-hybridized carbons (Fsp3) is 0.900. The van der Waals surface area contributed by atoms with Crippen molar-refractivity contribution in [3.8, 4) is 0 Å². The summed E-state index contributed by atoms with van der Waals surface area (Å²) in [4.78, 5) is 25.5. The fourth-order valence-corrected chi connectivity index (χ4v) is 7.82. The van der Waals surface area contributed by atoms with Gasteiger partial charge in [0.25, 0.3) is 0 Å². The van der Waals surface area contributed by atoms with Crippen LogP contribution in [0.5, 0.6) is 0 Å². The first kappa shape index (κ1) is 19.9. The Balaban J connectivity index is 1.25. The van der Waals surface area contributed by atoms with Crippen LogP contribution in [0.15, 0.2) is 0 Å². The zero-order chi connectivity index (χ0) is 18.6. The summed E-state index contributed by atoms with van der Waals surface area (Å²) in [5.41, 5.74) is 0. The van der Waals surface area contributed by atoms with Gasteiger partial charge in [0.05, 0.1) is 11.3 Å². The van der Waals surface area contributed by atoms with Crippen LogP contribution in [-0.2, 0) is 9.59 Å². The van der Waals surface area contributed by atoms with Crippen molar-refractivity contribution in [2.45, 2.75) is 86.2 Å². The number of hydrogen-bond donors (Lipinski definition) is 3. The lowest BCUT2D eigenvalue weighted by Gasteiger charge is -2.25.